The van der Waals surface area contributed by atoms with E-state index in [-0.39, 0.29) is 11.8 Å². The third-order valence-corrected chi connectivity index (χ3v) is 4.51. The molecule has 0 fully saturated rings. The molecule has 5 nitrogen and oxygen atoms in total. The van der Waals surface area contributed by atoms with E-state index in [0.29, 0.717) is 17.7 Å². The second-order valence-electron chi connectivity index (χ2n) is 6.73. The van der Waals surface area contributed by atoms with Crippen molar-refractivity contribution in [2.75, 3.05) is 18.9 Å². The summed E-state index contributed by atoms with van der Waals surface area (Å²) in [5.41, 5.74) is 3.92. The predicted molar refractivity (Wildman–Crippen MR) is 110 cm³/mol. The lowest BCUT2D eigenvalue weighted by Gasteiger charge is -2.17. The Morgan fingerprint density at radius 2 is 1.64 bits per heavy atom. The van der Waals surface area contributed by atoms with Gasteiger partial charge in [-0.15, -0.1) is 0 Å². The normalized spacial score (nSPS) is 10.4. The highest BCUT2D eigenvalue weighted by molar-refractivity contribution is 6.06. The smallest absolute Gasteiger partial charge is 0.255 e. The van der Waals surface area contributed by atoms with E-state index in [1.165, 1.54) is 0 Å². The second-order valence-corrected chi connectivity index (χ2v) is 6.73. The molecule has 0 aliphatic rings. The number of amides is 2. The molecule has 28 heavy (non-hydrogen) atoms. The molecule has 0 aliphatic carbocycles. The van der Waals surface area contributed by atoms with E-state index in [9.17, 15) is 9.59 Å². The van der Waals surface area contributed by atoms with Crippen molar-refractivity contribution in [2.45, 2.75) is 13.3 Å². The van der Waals surface area contributed by atoms with Crippen LogP contribution in [0.5, 0.6) is 0 Å². The second kappa shape index (κ2) is 8.95. The molecule has 0 saturated carbocycles. The SMILES string of the molecule is Cc1ccc(NC(=O)c2cccc(C(=O)N(C)CCc3ccncc3)c2)cc1. The van der Waals surface area contributed by atoms with Crippen LogP contribution in [0.2, 0.25) is 0 Å². The van der Waals surface area contributed by atoms with Gasteiger partial charge < -0.3 is 10.2 Å². The van der Waals surface area contributed by atoms with Gasteiger partial charge >= 0.3 is 0 Å². The highest BCUT2D eigenvalue weighted by Gasteiger charge is 2.14. The van der Waals surface area contributed by atoms with Crippen molar-refractivity contribution in [3.05, 3.63) is 95.3 Å². The standard InChI is InChI=1S/C23H23N3O2/c1-17-6-8-21(9-7-17)25-22(27)19-4-3-5-20(16-19)23(28)26(2)15-12-18-10-13-24-14-11-18/h3-11,13-14,16H,12,15H2,1-2H3,(H,25,27). The first-order chi connectivity index (χ1) is 13.5. The number of rotatable bonds is 6. The lowest BCUT2D eigenvalue weighted by Crippen LogP contribution is -2.29. The molecule has 142 valence electrons. The fourth-order valence-electron chi connectivity index (χ4n) is 2.80. The molecule has 3 rings (SSSR count). The molecule has 0 atom stereocenters. The number of aromatic nitrogens is 1. The first kappa shape index (κ1) is 19.3. The van der Waals surface area contributed by atoms with Crippen molar-refractivity contribution in [3.8, 4) is 0 Å². The number of carbonyl (C=O) groups excluding carboxylic acids is 2. The first-order valence-electron chi connectivity index (χ1n) is 9.15. The van der Waals surface area contributed by atoms with Crippen LogP contribution in [-0.4, -0.2) is 35.3 Å². The Labute approximate surface area is 165 Å². The average Bonchev–Trinajstić information content (AvgIpc) is 2.74. The molecule has 0 unspecified atom stereocenters. The molecule has 2 amide bonds. The van der Waals surface area contributed by atoms with E-state index in [0.717, 1.165) is 23.2 Å². The highest BCUT2D eigenvalue weighted by atomic mass is 16.2. The molecule has 2 aromatic carbocycles. The summed E-state index contributed by atoms with van der Waals surface area (Å²) in [6.07, 6.45) is 4.24. The van der Waals surface area contributed by atoms with E-state index >= 15 is 0 Å². The molecule has 0 spiro atoms. The number of hydrogen-bond acceptors (Lipinski definition) is 3. The maximum atomic E-state index is 12.7. The molecule has 1 heterocycles. The van der Waals surface area contributed by atoms with Gasteiger partial charge in [0.2, 0.25) is 0 Å². The van der Waals surface area contributed by atoms with Crippen LogP contribution in [0.4, 0.5) is 5.69 Å². The van der Waals surface area contributed by atoms with Crippen molar-refractivity contribution in [2.24, 2.45) is 0 Å². The van der Waals surface area contributed by atoms with Crippen LogP contribution in [0.3, 0.4) is 0 Å². The number of carbonyl (C=O) groups is 2. The van der Waals surface area contributed by atoms with Crippen LogP contribution in [0, 0.1) is 6.92 Å². The van der Waals surface area contributed by atoms with Crippen LogP contribution in [0.1, 0.15) is 31.8 Å². The lowest BCUT2D eigenvalue weighted by molar-refractivity contribution is 0.0796. The number of nitrogens with zero attached hydrogens (tertiary/aromatic N) is 2. The molecule has 3 aromatic rings. The van der Waals surface area contributed by atoms with Gasteiger partial charge in [-0.25, -0.2) is 0 Å². The van der Waals surface area contributed by atoms with Crippen LogP contribution in [-0.2, 0) is 6.42 Å². The number of hydrogen-bond donors (Lipinski definition) is 1. The Balaban J connectivity index is 1.65. The monoisotopic (exact) mass is 373 g/mol. The van der Waals surface area contributed by atoms with Crippen molar-refractivity contribution >= 4 is 17.5 Å². The fraction of sp³-hybridized carbons (Fsp3) is 0.174. The number of anilines is 1. The van der Waals surface area contributed by atoms with Gasteiger partial charge in [-0.05, 0) is 61.4 Å². The van der Waals surface area contributed by atoms with Crippen LogP contribution in [0.15, 0.2) is 73.1 Å². The van der Waals surface area contributed by atoms with E-state index in [1.54, 1.807) is 48.6 Å². The third kappa shape index (κ3) is 5.04. The predicted octanol–water partition coefficient (Wildman–Crippen LogP) is 3.96. The minimum Gasteiger partial charge on any atom is -0.341 e. The van der Waals surface area contributed by atoms with Crippen molar-refractivity contribution in [3.63, 3.8) is 0 Å². The van der Waals surface area contributed by atoms with E-state index in [1.807, 2.05) is 43.3 Å². The van der Waals surface area contributed by atoms with Gasteiger partial charge in [0.1, 0.15) is 0 Å². The van der Waals surface area contributed by atoms with Gasteiger partial charge in [-0.2, -0.15) is 0 Å². The average molecular weight is 373 g/mol. The summed E-state index contributed by atoms with van der Waals surface area (Å²) in [5, 5.41) is 2.86. The lowest BCUT2D eigenvalue weighted by atomic mass is 10.1. The molecule has 1 aromatic heterocycles. The zero-order chi connectivity index (χ0) is 19.9. The van der Waals surface area contributed by atoms with Gasteiger partial charge in [0, 0.05) is 42.8 Å². The summed E-state index contributed by atoms with van der Waals surface area (Å²) in [5.74, 6) is -0.350. The summed E-state index contributed by atoms with van der Waals surface area (Å²) >= 11 is 0. The van der Waals surface area contributed by atoms with Crippen LogP contribution < -0.4 is 5.32 Å². The summed E-state index contributed by atoms with van der Waals surface area (Å²) < 4.78 is 0. The van der Waals surface area contributed by atoms with Crippen LogP contribution in [0.25, 0.3) is 0 Å². The Bertz CT molecular complexity index is 953. The third-order valence-electron chi connectivity index (χ3n) is 4.51. The zero-order valence-corrected chi connectivity index (χ0v) is 16.1. The highest BCUT2D eigenvalue weighted by Crippen LogP contribution is 2.13. The minimum absolute atomic E-state index is 0.112. The molecule has 0 bridgehead atoms. The Kier molecular flexibility index (Phi) is 6.17. The molecule has 0 saturated heterocycles. The van der Waals surface area contributed by atoms with Crippen LogP contribution >= 0.6 is 0 Å². The number of benzene rings is 2. The molecular formula is C23H23N3O2. The summed E-state index contributed by atoms with van der Waals surface area (Å²) in [7, 11) is 1.77. The maximum absolute atomic E-state index is 12.7. The Morgan fingerprint density at radius 1 is 0.964 bits per heavy atom. The zero-order valence-electron chi connectivity index (χ0n) is 16.1. The topological polar surface area (TPSA) is 62.3 Å². The van der Waals surface area contributed by atoms with E-state index < -0.39 is 0 Å². The van der Waals surface area contributed by atoms with Crippen molar-refractivity contribution in [1.29, 1.82) is 0 Å². The quantitative estimate of drug-likeness (QED) is 0.711. The maximum Gasteiger partial charge on any atom is 0.255 e. The van der Waals surface area contributed by atoms with Gasteiger partial charge in [-0.1, -0.05) is 23.8 Å². The first-order valence-corrected chi connectivity index (χ1v) is 9.15. The van der Waals surface area contributed by atoms with E-state index in [2.05, 4.69) is 10.3 Å². The molecule has 0 radical (unpaired) electrons. The fourth-order valence-corrected chi connectivity index (χ4v) is 2.80. The Hall–Kier alpha value is -3.47. The molecule has 1 N–H and O–H groups in total. The van der Waals surface area contributed by atoms with Crippen molar-refractivity contribution < 1.29 is 9.59 Å². The summed E-state index contributed by atoms with van der Waals surface area (Å²) in [4.78, 5) is 30.9. The largest absolute Gasteiger partial charge is 0.341 e. The van der Waals surface area contributed by atoms with Gasteiger partial charge in [0.25, 0.3) is 11.8 Å². The van der Waals surface area contributed by atoms with E-state index in [4.69, 9.17) is 0 Å². The molecule has 5 heteroatoms. The van der Waals surface area contributed by atoms with Gasteiger partial charge in [0.05, 0.1) is 0 Å². The minimum atomic E-state index is -0.238. The number of nitrogens with one attached hydrogen (secondary N) is 1. The summed E-state index contributed by atoms with van der Waals surface area (Å²) in [6.45, 7) is 2.58. The summed E-state index contributed by atoms with van der Waals surface area (Å²) in [6, 6.07) is 18.3. The van der Waals surface area contributed by atoms with Gasteiger partial charge in [0.15, 0.2) is 0 Å². The van der Waals surface area contributed by atoms with Gasteiger partial charge in [-0.3, -0.25) is 14.6 Å². The number of pyridine rings is 1. The molecule has 0 aliphatic heterocycles. The number of aryl methyl sites for hydroxylation is 1. The van der Waals surface area contributed by atoms with Crippen molar-refractivity contribution in [1.82, 2.24) is 9.88 Å². The molecular weight excluding hydrogens is 350 g/mol. The number of likely N-dealkylation sites (N-methyl/N-ethyl adjacent to an activating group) is 1. The Morgan fingerprint density at radius 3 is 2.36 bits per heavy atom.